The fraction of sp³-hybridized carbons (Fsp3) is 0.545. The average molecular weight is 780 g/mol. The molecule has 1 rings (SSSR count). The molecule has 0 heterocycles. The molecule has 0 aliphatic carbocycles. The molecule has 55 heavy (non-hydrogen) atoms. The van der Waals surface area contributed by atoms with E-state index in [-0.39, 0.29) is 37.5 Å². The number of hydrogen-bond acceptors (Lipinski definition) is 12. The SMILES string of the molecule is CC[C@H](C)[C@H](NC(=O)[C@H](CCCN=C(N)N)NC(=O)CNC(=O)CNC(=O)[C@@H](N)[C@@H](C)O)C(=O)N[C@@H](Cc1ccc(O)cc1)C(=O)NCC(=O)NCC(=O)O. The van der Waals surface area contributed by atoms with Crippen molar-refractivity contribution in [2.24, 2.45) is 28.1 Å². The number of phenols is 1. The third-order valence-corrected chi connectivity index (χ3v) is 7.95. The minimum absolute atomic E-state index is 0.0136. The van der Waals surface area contributed by atoms with Crippen molar-refractivity contribution in [3.05, 3.63) is 29.8 Å². The molecule has 16 N–H and O–H groups in total. The summed E-state index contributed by atoms with van der Waals surface area (Å²) in [7, 11) is 0. The van der Waals surface area contributed by atoms with Crippen molar-refractivity contribution in [1.29, 1.82) is 0 Å². The zero-order valence-corrected chi connectivity index (χ0v) is 30.9. The summed E-state index contributed by atoms with van der Waals surface area (Å²) >= 11 is 0. The van der Waals surface area contributed by atoms with Gasteiger partial charge in [-0.25, -0.2) is 0 Å². The maximum absolute atomic E-state index is 13.8. The van der Waals surface area contributed by atoms with Crippen molar-refractivity contribution >= 4 is 53.3 Å². The van der Waals surface area contributed by atoms with Crippen molar-refractivity contribution in [3.8, 4) is 5.75 Å². The number of nitrogens with zero attached hydrogens (tertiary/aromatic N) is 1. The van der Waals surface area contributed by atoms with Gasteiger partial charge in [-0.05, 0) is 43.4 Å². The lowest BCUT2D eigenvalue weighted by molar-refractivity contribution is -0.138. The number of carbonyl (C=O) groups is 8. The van der Waals surface area contributed by atoms with Gasteiger partial charge in [-0.3, -0.25) is 43.3 Å². The van der Waals surface area contributed by atoms with Crippen LogP contribution in [0.3, 0.4) is 0 Å². The van der Waals surface area contributed by atoms with Crippen molar-refractivity contribution in [2.45, 2.75) is 76.7 Å². The summed E-state index contributed by atoms with van der Waals surface area (Å²) < 4.78 is 0. The first-order chi connectivity index (χ1) is 25.8. The van der Waals surface area contributed by atoms with Gasteiger partial charge >= 0.3 is 5.97 Å². The minimum Gasteiger partial charge on any atom is -0.508 e. The van der Waals surface area contributed by atoms with E-state index >= 15 is 0 Å². The molecule has 0 aliphatic rings. The van der Waals surface area contributed by atoms with Crippen LogP contribution in [0, 0.1) is 5.92 Å². The van der Waals surface area contributed by atoms with Gasteiger partial charge in [-0.2, -0.15) is 0 Å². The molecule has 1 aromatic carbocycles. The summed E-state index contributed by atoms with van der Waals surface area (Å²) in [4.78, 5) is 104. The fourth-order valence-corrected chi connectivity index (χ4v) is 4.58. The number of hydrogen-bond donors (Lipinski definition) is 13. The Morgan fingerprint density at radius 2 is 1.29 bits per heavy atom. The van der Waals surface area contributed by atoms with Gasteiger partial charge in [-0.15, -0.1) is 0 Å². The van der Waals surface area contributed by atoms with Crippen molar-refractivity contribution < 1.29 is 53.7 Å². The van der Waals surface area contributed by atoms with E-state index in [1.807, 2.05) is 0 Å². The second kappa shape index (κ2) is 24.3. The van der Waals surface area contributed by atoms with Crippen LogP contribution in [0.15, 0.2) is 29.3 Å². The number of aliphatic carboxylic acids is 1. The zero-order valence-electron chi connectivity index (χ0n) is 30.9. The Balaban J connectivity index is 3.15. The van der Waals surface area contributed by atoms with Crippen LogP contribution in [-0.4, -0.2) is 132 Å². The molecule has 22 heteroatoms. The highest BCUT2D eigenvalue weighted by atomic mass is 16.4. The quantitative estimate of drug-likeness (QED) is 0.0265. The Labute approximate surface area is 317 Å². The van der Waals surface area contributed by atoms with E-state index in [0.29, 0.717) is 12.0 Å². The van der Waals surface area contributed by atoms with Crippen LogP contribution < -0.4 is 54.4 Å². The Morgan fingerprint density at radius 1 is 0.727 bits per heavy atom. The van der Waals surface area contributed by atoms with Gasteiger partial charge in [0.15, 0.2) is 5.96 Å². The predicted octanol–water partition coefficient (Wildman–Crippen LogP) is -5.25. The highest BCUT2D eigenvalue weighted by Crippen LogP contribution is 2.14. The third-order valence-electron chi connectivity index (χ3n) is 7.95. The molecule has 7 amide bonds. The molecule has 0 bridgehead atoms. The van der Waals surface area contributed by atoms with E-state index in [4.69, 9.17) is 22.3 Å². The van der Waals surface area contributed by atoms with Crippen molar-refractivity contribution in [3.63, 3.8) is 0 Å². The van der Waals surface area contributed by atoms with Gasteiger partial charge < -0.3 is 69.7 Å². The number of carbonyl (C=O) groups excluding carboxylic acids is 7. The lowest BCUT2D eigenvalue weighted by atomic mass is 9.96. The molecule has 22 nitrogen and oxygen atoms in total. The summed E-state index contributed by atoms with van der Waals surface area (Å²) in [6, 6.07) is 0.666. The molecule has 0 aliphatic heterocycles. The molecular formula is C33H53N11O11. The molecule has 6 atom stereocenters. The molecule has 0 saturated carbocycles. The van der Waals surface area contributed by atoms with Crippen LogP contribution in [0.4, 0.5) is 0 Å². The molecule has 0 aromatic heterocycles. The number of rotatable bonds is 24. The molecule has 0 saturated heterocycles. The highest BCUT2D eigenvalue weighted by Gasteiger charge is 2.32. The number of amides is 7. The molecule has 0 spiro atoms. The monoisotopic (exact) mass is 779 g/mol. The number of aliphatic imine (C=N–C) groups is 1. The Morgan fingerprint density at radius 3 is 1.84 bits per heavy atom. The van der Waals surface area contributed by atoms with Crippen LogP contribution in [0.25, 0.3) is 0 Å². The number of phenolic OH excluding ortho intramolecular Hbond substituents is 1. The van der Waals surface area contributed by atoms with E-state index in [2.05, 4.69) is 42.2 Å². The Bertz CT molecular complexity index is 1520. The lowest BCUT2D eigenvalue weighted by Gasteiger charge is -2.28. The fourth-order valence-electron chi connectivity index (χ4n) is 4.58. The van der Waals surface area contributed by atoms with Gasteiger partial charge in [-0.1, -0.05) is 32.4 Å². The maximum Gasteiger partial charge on any atom is 0.322 e. The van der Waals surface area contributed by atoms with Crippen molar-refractivity contribution in [2.75, 3.05) is 32.7 Å². The number of aliphatic hydroxyl groups excluding tert-OH is 1. The van der Waals surface area contributed by atoms with Crippen LogP contribution >= 0.6 is 0 Å². The van der Waals surface area contributed by atoms with E-state index in [1.165, 1.54) is 31.2 Å². The second-order valence-electron chi connectivity index (χ2n) is 12.5. The van der Waals surface area contributed by atoms with Crippen LogP contribution in [0.5, 0.6) is 5.75 Å². The molecule has 306 valence electrons. The van der Waals surface area contributed by atoms with E-state index in [1.54, 1.807) is 13.8 Å². The first-order valence-corrected chi connectivity index (χ1v) is 17.3. The number of nitrogens with two attached hydrogens (primary N) is 3. The van der Waals surface area contributed by atoms with Crippen LogP contribution in [-0.2, 0) is 44.8 Å². The third kappa shape index (κ3) is 19.0. The Kier molecular flexibility index (Phi) is 20.8. The number of carboxylic acid groups (broad SMARTS) is 1. The van der Waals surface area contributed by atoms with Gasteiger partial charge in [0, 0.05) is 13.0 Å². The van der Waals surface area contributed by atoms with Crippen molar-refractivity contribution in [1.82, 2.24) is 37.2 Å². The molecule has 1 aromatic rings. The zero-order chi connectivity index (χ0) is 41.7. The number of carboxylic acids is 1. The number of aliphatic hydroxyl groups is 1. The minimum atomic E-state index is -1.31. The summed E-state index contributed by atoms with van der Waals surface area (Å²) in [5.74, 6) is -7.60. The normalized spacial score (nSPS) is 13.9. The summed E-state index contributed by atoms with van der Waals surface area (Å²) in [5, 5.41) is 44.5. The van der Waals surface area contributed by atoms with Crippen LogP contribution in [0.2, 0.25) is 0 Å². The first kappa shape index (κ1) is 47.0. The molecule has 0 unspecified atom stereocenters. The second-order valence-corrected chi connectivity index (χ2v) is 12.5. The summed E-state index contributed by atoms with van der Waals surface area (Å²) in [6.07, 6.45) is -0.710. The van der Waals surface area contributed by atoms with Gasteiger partial charge in [0.25, 0.3) is 0 Å². The highest BCUT2D eigenvalue weighted by molar-refractivity contribution is 5.96. The maximum atomic E-state index is 13.8. The number of nitrogens with one attached hydrogen (secondary N) is 7. The number of aromatic hydroxyl groups is 1. The predicted molar refractivity (Wildman–Crippen MR) is 196 cm³/mol. The van der Waals surface area contributed by atoms with Gasteiger partial charge in [0.1, 0.15) is 36.5 Å². The van der Waals surface area contributed by atoms with E-state index < -0.39 is 110 Å². The summed E-state index contributed by atoms with van der Waals surface area (Å²) in [6.45, 7) is 2.37. The van der Waals surface area contributed by atoms with E-state index in [9.17, 15) is 48.6 Å². The smallest absolute Gasteiger partial charge is 0.322 e. The van der Waals surface area contributed by atoms with Crippen LogP contribution in [0.1, 0.15) is 45.6 Å². The average Bonchev–Trinajstić information content (AvgIpc) is 3.13. The Hall–Kier alpha value is -6.03. The largest absolute Gasteiger partial charge is 0.508 e. The van der Waals surface area contributed by atoms with Gasteiger partial charge in [0.05, 0.1) is 25.7 Å². The molecular weight excluding hydrogens is 726 g/mol. The number of guanidine groups is 1. The van der Waals surface area contributed by atoms with Gasteiger partial charge in [0.2, 0.25) is 41.4 Å². The summed E-state index contributed by atoms with van der Waals surface area (Å²) in [5.41, 5.74) is 16.8. The molecule has 0 radical (unpaired) electrons. The lowest BCUT2D eigenvalue weighted by Crippen LogP contribution is -2.59. The number of benzene rings is 1. The standard InChI is InChI=1S/C33H53N11O11/c1-4-17(2)28(32(55)43-22(12-19-7-9-20(46)10-8-19)29(52)40-13-24(48)39-16-26(50)51)44-30(53)21(6-5-11-37-33(35)36)42-25(49)15-38-23(47)14-41-31(54)27(34)18(3)45/h7-10,17-18,21-22,27-28,45-46H,4-6,11-16,34H2,1-3H3,(H,38,47)(H,39,48)(H,40,52)(H,41,54)(H,42,49)(H,43,55)(H,44,53)(H,50,51)(H4,35,36,37)/t17-,18+,21-,22-,27-,28-/m0/s1. The topological polar surface area (TPSA) is 372 Å². The molecule has 0 fully saturated rings. The van der Waals surface area contributed by atoms with E-state index in [0.717, 1.165) is 0 Å². The first-order valence-electron chi connectivity index (χ1n) is 17.3.